The molecule has 8 nitrogen and oxygen atoms in total. The molecule has 0 aliphatic carbocycles. The lowest BCUT2D eigenvalue weighted by molar-refractivity contribution is -0.154. The van der Waals surface area contributed by atoms with Gasteiger partial charge in [0.25, 0.3) is 5.91 Å². The molecule has 3 heterocycles. The number of amides is 1. The Labute approximate surface area is 139 Å². The molecule has 2 aromatic heterocycles. The summed E-state index contributed by atoms with van der Waals surface area (Å²) in [6.45, 7) is 6.43. The number of ether oxygens (including phenoxy) is 1. The van der Waals surface area contributed by atoms with E-state index in [2.05, 4.69) is 10.1 Å². The molecule has 1 atom stereocenters. The molecule has 0 saturated carbocycles. The van der Waals surface area contributed by atoms with E-state index in [1.165, 1.54) is 4.90 Å². The Morgan fingerprint density at radius 2 is 2.17 bits per heavy atom. The molecular formula is C16H20N4O4. The maximum absolute atomic E-state index is 12.9. The molecule has 1 unspecified atom stereocenters. The van der Waals surface area contributed by atoms with Crippen LogP contribution in [-0.4, -0.2) is 62.4 Å². The average molecular weight is 332 g/mol. The van der Waals surface area contributed by atoms with E-state index in [1.54, 1.807) is 16.9 Å². The predicted octanol–water partition coefficient (Wildman–Crippen LogP) is 1.25. The molecule has 2 aromatic rings. The van der Waals surface area contributed by atoms with E-state index < -0.39 is 12.1 Å². The van der Waals surface area contributed by atoms with Gasteiger partial charge in [-0.3, -0.25) is 4.79 Å². The number of pyridine rings is 1. The fraction of sp³-hybridized carbons (Fsp3) is 0.500. The minimum Gasteiger partial charge on any atom is -0.479 e. The van der Waals surface area contributed by atoms with Gasteiger partial charge in [0.05, 0.1) is 30.3 Å². The van der Waals surface area contributed by atoms with Crippen molar-refractivity contribution in [1.82, 2.24) is 19.7 Å². The van der Waals surface area contributed by atoms with Crippen LogP contribution in [0.3, 0.4) is 0 Å². The first-order valence-electron chi connectivity index (χ1n) is 7.87. The highest BCUT2D eigenvalue weighted by Gasteiger charge is 2.30. The zero-order valence-corrected chi connectivity index (χ0v) is 13.9. The van der Waals surface area contributed by atoms with Crippen molar-refractivity contribution < 1.29 is 19.4 Å². The molecule has 24 heavy (non-hydrogen) atoms. The smallest absolute Gasteiger partial charge is 0.334 e. The van der Waals surface area contributed by atoms with Crippen LogP contribution in [0.5, 0.6) is 0 Å². The van der Waals surface area contributed by atoms with Crippen LogP contribution in [0, 0.1) is 6.92 Å². The number of nitrogens with zero attached hydrogens (tertiary/aromatic N) is 4. The molecule has 1 N–H and O–H groups in total. The number of carboxylic acid groups (broad SMARTS) is 1. The molecule has 0 aromatic carbocycles. The first-order valence-corrected chi connectivity index (χ1v) is 7.87. The molecule has 1 saturated heterocycles. The van der Waals surface area contributed by atoms with Gasteiger partial charge < -0.3 is 14.7 Å². The number of aryl methyl sites for hydroxylation is 1. The Bertz CT molecular complexity index is 799. The molecule has 1 aliphatic heterocycles. The molecule has 0 spiro atoms. The van der Waals surface area contributed by atoms with Crippen LogP contribution in [0.2, 0.25) is 0 Å². The lowest BCUT2D eigenvalue weighted by Crippen LogP contribution is -2.48. The zero-order valence-electron chi connectivity index (χ0n) is 13.9. The highest BCUT2D eigenvalue weighted by atomic mass is 16.5. The van der Waals surface area contributed by atoms with Crippen LogP contribution in [-0.2, 0) is 9.53 Å². The highest BCUT2D eigenvalue weighted by molar-refractivity contribution is 6.05. The Morgan fingerprint density at radius 1 is 1.42 bits per heavy atom. The maximum Gasteiger partial charge on any atom is 0.334 e. The number of hydrogen-bond donors (Lipinski definition) is 1. The summed E-state index contributed by atoms with van der Waals surface area (Å²) in [7, 11) is 0. The van der Waals surface area contributed by atoms with E-state index in [4.69, 9.17) is 9.84 Å². The van der Waals surface area contributed by atoms with Crippen molar-refractivity contribution in [2.45, 2.75) is 32.9 Å². The standard InChI is InChI=1S/C16H20N4O4/c1-9(2)20-14-12(7-17-20)11(6-10(3)18-14)15(21)19-4-5-24-13(8-19)16(22)23/h6-7,9,13H,4-5,8H2,1-3H3,(H,22,23). The van der Waals surface area contributed by atoms with E-state index in [9.17, 15) is 9.59 Å². The molecule has 3 rings (SSSR count). The first kappa shape index (κ1) is 16.4. The fourth-order valence-electron chi connectivity index (χ4n) is 2.85. The summed E-state index contributed by atoms with van der Waals surface area (Å²) >= 11 is 0. The van der Waals surface area contributed by atoms with Crippen molar-refractivity contribution >= 4 is 22.9 Å². The van der Waals surface area contributed by atoms with Crippen molar-refractivity contribution in [2.24, 2.45) is 0 Å². The number of fused-ring (bicyclic) bond motifs is 1. The topological polar surface area (TPSA) is 97.5 Å². The Balaban J connectivity index is 1.99. The third kappa shape index (κ3) is 2.84. The van der Waals surface area contributed by atoms with Gasteiger partial charge in [-0.1, -0.05) is 0 Å². The number of rotatable bonds is 3. The van der Waals surface area contributed by atoms with Crippen LogP contribution >= 0.6 is 0 Å². The number of carboxylic acids is 1. The van der Waals surface area contributed by atoms with Crippen LogP contribution < -0.4 is 0 Å². The van der Waals surface area contributed by atoms with Crippen molar-refractivity contribution in [2.75, 3.05) is 19.7 Å². The molecule has 128 valence electrons. The molecule has 1 fully saturated rings. The third-order valence-electron chi connectivity index (χ3n) is 4.04. The van der Waals surface area contributed by atoms with E-state index in [-0.39, 0.29) is 25.1 Å². The number of carbonyl (C=O) groups is 2. The van der Waals surface area contributed by atoms with Crippen LogP contribution in [0.15, 0.2) is 12.3 Å². The predicted molar refractivity (Wildman–Crippen MR) is 85.9 cm³/mol. The number of morpholine rings is 1. The van der Waals surface area contributed by atoms with Gasteiger partial charge in [-0.2, -0.15) is 5.10 Å². The summed E-state index contributed by atoms with van der Waals surface area (Å²) in [5, 5.41) is 14.1. The second-order valence-corrected chi connectivity index (χ2v) is 6.18. The second-order valence-electron chi connectivity index (χ2n) is 6.18. The van der Waals surface area contributed by atoms with Gasteiger partial charge in [0.1, 0.15) is 0 Å². The Morgan fingerprint density at radius 3 is 2.83 bits per heavy atom. The Kier molecular flexibility index (Phi) is 4.23. The van der Waals surface area contributed by atoms with Crippen molar-refractivity contribution in [3.05, 3.63) is 23.5 Å². The zero-order chi connectivity index (χ0) is 17.4. The molecule has 8 heteroatoms. The van der Waals surface area contributed by atoms with Gasteiger partial charge in [-0.05, 0) is 26.8 Å². The van der Waals surface area contributed by atoms with E-state index in [1.807, 2.05) is 20.8 Å². The molecule has 0 bridgehead atoms. The summed E-state index contributed by atoms with van der Waals surface area (Å²) in [5.74, 6) is -1.28. The van der Waals surface area contributed by atoms with Gasteiger partial charge in [-0.25, -0.2) is 14.5 Å². The monoisotopic (exact) mass is 332 g/mol. The number of aliphatic carboxylic acids is 1. The summed E-state index contributed by atoms with van der Waals surface area (Å²) in [5.41, 5.74) is 1.88. The van der Waals surface area contributed by atoms with E-state index in [0.717, 1.165) is 5.69 Å². The SMILES string of the molecule is Cc1cc(C(=O)N2CCOC(C(=O)O)C2)c2cnn(C(C)C)c2n1. The van der Waals surface area contributed by atoms with Gasteiger partial charge in [0.2, 0.25) is 0 Å². The summed E-state index contributed by atoms with van der Waals surface area (Å²) in [6, 6.07) is 1.85. The third-order valence-corrected chi connectivity index (χ3v) is 4.04. The van der Waals surface area contributed by atoms with Gasteiger partial charge in [0, 0.05) is 18.3 Å². The number of hydrogen-bond acceptors (Lipinski definition) is 5. The lowest BCUT2D eigenvalue weighted by Gasteiger charge is -2.31. The molecular weight excluding hydrogens is 312 g/mol. The molecule has 1 aliphatic rings. The van der Waals surface area contributed by atoms with E-state index >= 15 is 0 Å². The lowest BCUT2D eigenvalue weighted by atomic mass is 10.1. The highest BCUT2D eigenvalue weighted by Crippen LogP contribution is 2.23. The Hall–Kier alpha value is -2.48. The summed E-state index contributed by atoms with van der Waals surface area (Å²) in [6.07, 6.45) is 0.656. The van der Waals surface area contributed by atoms with Crippen LogP contribution in [0.1, 0.15) is 35.9 Å². The van der Waals surface area contributed by atoms with Gasteiger partial charge >= 0.3 is 5.97 Å². The second kappa shape index (κ2) is 6.20. The van der Waals surface area contributed by atoms with Crippen molar-refractivity contribution in [3.63, 3.8) is 0 Å². The largest absolute Gasteiger partial charge is 0.479 e. The van der Waals surface area contributed by atoms with Crippen LogP contribution in [0.4, 0.5) is 0 Å². The average Bonchev–Trinajstić information content (AvgIpc) is 2.97. The first-order chi connectivity index (χ1) is 11.4. The molecule has 0 radical (unpaired) electrons. The fourth-order valence-corrected chi connectivity index (χ4v) is 2.85. The quantitative estimate of drug-likeness (QED) is 0.908. The minimum absolute atomic E-state index is 0.0371. The molecule has 1 amide bonds. The minimum atomic E-state index is -1.06. The normalized spacial score (nSPS) is 18.3. The van der Waals surface area contributed by atoms with E-state index in [0.29, 0.717) is 23.1 Å². The van der Waals surface area contributed by atoms with Gasteiger partial charge in [-0.15, -0.1) is 0 Å². The van der Waals surface area contributed by atoms with Crippen molar-refractivity contribution in [1.29, 1.82) is 0 Å². The van der Waals surface area contributed by atoms with Crippen LogP contribution in [0.25, 0.3) is 11.0 Å². The maximum atomic E-state index is 12.9. The number of carbonyl (C=O) groups excluding carboxylic acids is 1. The summed E-state index contributed by atoms with van der Waals surface area (Å²) in [4.78, 5) is 30.1. The number of aromatic nitrogens is 3. The van der Waals surface area contributed by atoms with Crippen molar-refractivity contribution in [3.8, 4) is 0 Å². The van der Waals surface area contributed by atoms with Gasteiger partial charge in [0.15, 0.2) is 11.8 Å². The summed E-state index contributed by atoms with van der Waals surface area (Å²) < 4.78 is 6.96.